The normalized spacial score (nSPS) is 54.0. The van der Waals surface area contributed by atoms with Crippen LogP contribution < -0.4 is 0 Å². The fourth-order valence-electron chi connectivity index (χ4n) is 6.24. The first-order chi connectivity index (χ1) is 7.89. The molecule has 3 unspecified atom stereocenters. The maximum Gasteiger partial charge on any atom is 0.0830 e. The molecule has 4 fully saturated rings. The summed E-state index contributed by atoms with van der Waals surface area (Å²) in [6.45, 7) is 5.41. The Balaban J connectivity index is 1.92. The Kier molecular flexibility index (Phi) is 2.45. The predicted molar refractivity (Wildman–Crippen MR) is 67.7 cm³/mol. The maximum atomic E-state index is 10.5. The quantitative estimate of drug-likeness (QED) is 0.819. The predicted octanol–water partition coefficient (Wildman–Crippen LogP) is 2.99. The molecule has 2 heteroatoms. The highest BCUT2D eigenvalue weighted by Crippen LogP contribution is 2.70. The average molecular weight is 238 g/mol. The van der Waals surface area contributed by atoms with E-state index in [2.05, 4.69) is 13.8 Å². The Morgan fingerprint density at radius 1 is 1.12 bits per heavy atom. The molecule has 0 spiro atoms. The Hall–Kier alpha value is -0.0800. The number of rotatable bonds is 3. The van der Waals surface area contributed by atoms with Crippen molar-refractivity contribution in [3.05, 3.63) is 0 Å². The average Bonchev–Trinajstić information content (AvgIpc) is 2.11. The molecule has 3 atom stereocenters. The summed E-state index contributed by atoms with van der Waals surface area (Å²) in [4.78, 5) is 0. The van der Waals surface area contributed by atoms with Crippen LogP contribution in [0.15, 0.2) is 0 Å². The van der Waals surface area contributed by atoms with Crippen LogP contribution in [0.3, 0.4) is 0 Å². The third kappa shape index (κ3) is 1.76. The van der Waals surface area contributed by atoms with E-state index in [1.54, 1.807) is 7.11 Å². The molecule has 0 aromatic heterocycles. The third-order valence-corrected chi connectivity index (χ3v) is 5.70. The zero-order valence-corrected chi connectivity index (χ0v) is 11.5. The number of hydrogen-bond acceptors (Lipinski definition) is 2. The first kappa shape index (κ1) is 12.0. The van der Waals surface area contributed by atoms with Gasteiger partial charge in [-0.1, -0.05) is 13.8 Å². The van der Waals surface area contributed by atoms with E-state index in [1.165, 1.54) is 38.5 Å². The van der Waals surface area contributed by atoms with Gasteiger partial charge in [-0.05, 0) is 60.7 Å². The van der Waals surface area contributed by atoms with Gasteiger partial charge < -0.3 is 9.84 Å². The minimum Gasteiger partial charge on any atom is -0.390 e. The second-order valence-electron chi connectivity index (χ2n) is 7.96. The highest BCUT2D eigenvalue weighted by atomic mass is 16.5. The largest absolute Gasteiger partial charge is 0.390 e. The van der Waals surface area contributed by atoms with E-state index in [1.807, 2.05) is 0 Å². The summed E-state index contributed by atoms with van der Waals surface area (Å²) < 4.78 is 5.21. The SMILES string of the molecule is COCC(O)C12CC3CC(C)(CC(C)(C3)C1)C2. The number of aliphatic hydroxyl groups excluding tert-OH is 1. The van der Waals surface area contributed by atoms with Crippen molar-refractivity contribution in [3.63, 3.8) is 0 Å². The summed E-state index contributed by atoms with van der Waals surface area (Å²) in [6, 6.07) is 0. The van der Waals surface area contributed by atoms with Gasteiger partial charge in [0, 0.05) is 7.11 Å². The second-order valence-corrected chi connectivity index (χ2v) is 7.96. The molecule has 0 radical (unpaired) electrons. The smallest absolute Gasteiger partial charge is 0.0830 e. The van der Waals surface area contributed by atoms with Crippen molar-refractivity contribution in [2.45, 2.75) is 58.5 Å². The molecular formula is C15H26O2. The Labute approximate surface area is 105 Å². The topological polar surface area (TPSA) is 29.5 Å². The molecule has 4 aliphatic carbocycles. The molecule has 2 nitrogen and oxygen atoms in total. The molecule has 0 saturated heterocycles. The fraction of sp³-hybridized carbons (Fsp3) is 1.00. The number of methoxy groups -OCH3 is 1. The van der Waals surface area contributed by atoms with E-state index < -0.39 is 0 Å². The lowest BCUT2D eigenvalue weighted by Crippen LogP contribution is -2.59. The van der Waals surface area contributed by atoms with Crippen LogP contribution in [0, 0.1) is 22.2 Å². The molecule has 4 saturated carbocycles. The van der Waals surface area contributed by atoms with E-state index in [4.69, 9.17) is 4.74 Å². The first-order valence-corrected chi connectivity index (χ1v) is 7.06. The van der Waals surface area contributed by atoms with Crippen molar-refractivity contribution in [2.24, 2.45) is 22.2 Å². The van der Waals surface area contributed by atoms with Gasteiger partial charge >= 0.3 is 0 Å². The van der Waals surface area contributed by atoms with Crippen LogP contribution in [0.25, 0.3) is 0 Å². The zero-order valence-electron chi connectivity index (χ0n) is 11.5. The molecule has 0 aromatic rings. The number of hydrogen-bond donors (Lipinski definition) is 1. The van der Waals surface area contributed by atoms with E-state index in [0.29, 0.717) is 17.4 Å². The molecule has 4 bridgehead atoms. The van der Waals surface area contributed by atoms with Crippen LogP contribution >= 0.6 is 0 Å². The van der Waals surface area contributed by atoms with Gasteiger partial charge in [-0.2, -0.15) is 0 Å². The molecule has 0 aliphatic heterocycles. The minimum atomic E-state index is -0.255. The van der Waals surface area contributed by atoms with Crippen LogP contribution in [-0.4, -0.2) is 24.9 Å². The standard InChI is InChI=1S/C15H26O2/c1-13-4-11-5-14(2,8-13)10-15(6-11,9-13)12(16)7-17-3/h11-12,16H,4-10H2,1-3H3. The lowest BCUT2D eigenvalue weighted by molar-refractivity contribution is -0.193. The third-order valence-electron chi connectivity index (χ3n) is 5.70. The summed E-state index contributed by atoms with van der Waals surface area (Å²) in [5, 5.41) is 10.5. The minimum absolute atomic E-state index is 0.166. The summed E-state index contributed by atoms with van der Waals surface area (Å²) >= 11 is 0. The molecule has 17 heavy (non-hydrogen) atoms. The van der Waals surface area contributed by atoms with Gasteiger partial charge in [0.25, 0.3) is 0 Å². The van der Waals surface area contributed by atoms with E-state index in [9.17, 15) is 5.11 Å². The Morgan fingerprint density at radius 3 is 2.18 bits per heavy atom. The summed E-state index contributed by atoms with van der Waals surface area (Å²) in [5.41, 5.74) is 1.14. The monoisotopic (exact) mass is 238 g/mol. The van der Waals surface area contributed by atoms with E-state index >= 15 is 0 Å². The van der Waals surface area contributed by atoms with Crippen molar-refractivity contribution in [3.8, 4) is 0 Å². The summed E-state index contributed by atoms with van der Waals surface area (Å²) in [5.74, 6) is 0.854. The molecule has 98 valence electrons. The van der Waals surface area contributed by atoms with Crippen molar-refractivity contribution >= 4 is 0 Å². The van der Waals surface area contributed by atoms with Gasteiger partial charge in [0.2, 0.25) is 0 Å². The molecule has 4 aliphatic rings. The van der Waals surface area contributed by atoms with Crippen LogP contribution in [0.1, 0.15) is 52.4 Å². The lowest BCUT2D eigenvalue weighted by atomic mass is 9.39. The van der Waals surface area contributed by atoms with E-state index in [0.717, 1.165) is 5.92 Å². The maximum absolute atomic E-state index is 10.5. The van der Waals surface area contributed by atoms with Crippen LogP contribution in [0.4, 0.5) is 0 Å². The van der Waals surface area contributed by atoms with Gasteiger partial charge in [-0.3, -0.25) is 0 Å². The fourth-order valence-corrected chi connectivity index (χ4v) is 6.24. The molecule has 0 aromatic carbocycles. The van der Waals surface area contributed by atoms with Gasteiger partial charge in [-0.25, -0.2) is 0 Å². The lowest BCUT2D eigenvalue weighted by Gasteiger charge is -2.66. The zero-order chi connectivity index (χ0) is 12.3. The van der Waals surface area contributed by atoms with Crippen LogP contribution in [0.2, 0.25) is 0 Å². The van der Waals surface area contributed by atoms with Crippen LogP contribution in [-0.2, 0) is 4.74 Å². The highest BCUT2D eigenvalue weighted by molar-refractivity contribution is 5.12. The van der Waals surface area contributed by atoms with E-state index in [-0.39, 0.29) is 11.5 Å². The van der Waals surface area contributed by atoms with Crippen LogP contribution in [0.5, 0.6) is 0 Å². The summed E-state index contributed by atoms with van der Waals surface area (Å²) in [6.07, 6.45) is 7.58. The molecular weight excluding hydrogens is 212 g/mol. The Bertz CT molecular complexity index is 307. The van der Waals surface area contributed by atoms with Gasteiger partial charge in [0.15, 0.2) is 0 Å². The first-order valence-electron chi connectivity index (χ1n) is 7.06. The molecule has 0 amide bonds. The van der Waals surface area contributed by atoms with Gasteiger partial charge in [0.1, 0.15) is 0 Å². The molecule has 1 N–H and O–H groups in total. The Morgan fingerprint density at radius 2 is 1.71 bits per heavy atom. The summed E-state index contributed by atoms with van der Waals surface area (Å²) in [7, 11) is 1.70. The highest BCUT2D eigenvalue weighted by Gasteiger charge is 2.61. The van der Waals surface area contributed by atoms with Crippen molar-refractivity contribution in [1.29, 1.82) is 0 Å². The van der Waals surface area contributed by atoms with Crippen molar-refractivity contribution in [2.75, 3.05) is 13.7 Å². The molecule has 0 heterocycles. The van der Waals surface area contributed by atoms with Gasteiger partial charge in [-0.15, -0.1) is 0 Å². The van der Waals surface area contributed by atoms with Crippen molar-refractivity contribution < 1.29 is 9.84 Å². The number of aliphatic hydroxyl groups is 1. The van der Waals surface area contributed by atoms with Gasteiger partial charge in [0.05, 0.1) is 12.7 Å². The molecule has 4 rings (SSSR count). The second kappa shape index (κ2) is 3.48. The number of ether oxygens (including phenoxy) is 1. The van der Waals surface area contributed by atoms with Crippen molar-refractivity contribution in [1.82, 2.24) is 0 Å².